The molecule has 1 aromatic carbocycles. The van der Waals surface area contributed by atoms with E-state index in [0.717, 1.165) is 49.0 Å². The number of aromatic nitrogens is 1. The van der Waals surface area contributed by atoms with Crippen LogP contribution in [-0.4, -0.2) is 24.4 Å². The average molecular weight is 381 g/mol. The van der Waals surface area contributed by atoms with E-state index in [1.54, 1.807) is 0 Å². The Morgan fingerprint density at radius 1 is 1.15 bits per heavy atom. The Morgan fingerprint density at radius 2 is 1.93 bits per heavy atom. The van der Waals surface area contributed by atoms with E-state index in [1.807, 2.05) is 36.5 Å². The molecule has 1 N–H and O–H groups in total. The second kappa shape index (κ2) is 8.07. The van der Waals surface area contributed by atoms with Gasteiger partial charge >= 0.3 is 0 Å². The number of furan rings is 1. The third kappa shape index (κ3) is 4.12. The first-order valence-corrected chi connectivity index (χ1v) is 9.60. The van der Waals surface area contributed by atoms with Crippen LogP contribution in [0.25, 0.3) is 11.3 Å². The molecular formula is C22H21ClN2O2. The largest absolute Gasteiger partial charge is 0.453 e. The number of carbonyl (C=O) groups excluding carboxylic acids is 1. The molecule has 1 aliphatic rings. The number of hydrogen-bond donors (Lipinski definition) is 1. The van der Waals surface area contributed by atoms with E-state index in [4.69, 9.17) is 16.0 Å². The highest BCUT2D eigenvalue weighted by Crippen LogP contribution is 2.29. The molecule has 5 heteroatoms. The van der Waals surface area contributed by atoms with Crippen molar-refractivity contribution in [2.75, 3.05) is 13.1 Å². The van der Waals surface area contributed by atoms with Gasteiger partial charge in [0.1, 0.15) is 5.76 Å². The Kier molecular flexibility index (Phi) is 5.37. The lowest BCUT2D eigenvalue weighted by Gasteiger charge is -2.23. The summed E-state index contributed by atoms with van der Waals surface area (Å²) in [5, 5.41) is 4.07. The average Bonchev–Trinajstić information content (AvgIpc) is 3.12. The molecule has 3 heterocycles. The lowest BCUT2D eigenvalue weighted by atomic mass is 9.90. The second-order valence-corrected chi connectivity index (χ2v) is 7.34. The lowest BCUT2D eigenvalue weighted by molar-refractivity contribution is 0.110. The maximum Gasteiger partial charge on any atom is 0.185 e. The van der Waals surface area contributed by atoms with Crippen LogP contribution >= 0.6 is 11.6 Å². The predicted molar refractivity (Wildman–Crippen MR) is 106 cm³/mol. The number of hydrogen-bond acceptors (Lipinski definition) is 4. The van der Waals surface area contributed by atoms with E-state index in [1.165, 1.54) is 5.56 Å². The van der Waals surface area contributed by atoms with E-state index in [2.05, 4.69) is 22.4 Å². The Bertz CT molecular complexity index is 928. The van der Waals surface area contributed by atoms with Gasteiger partial charge < -0.3 is 9.73 Å². The van der Waals surface area contributed by atoms with Gasteiger partial charge in [-0.05, 0) is 79.9 Å². The van der Waals surface area contributed by atoms with Crippen molar-refractivity contribution in [2.24, 2.45) is 0 Å². The molecule has 1 saturated heterocycles. The van der Waals surface area contributed by atoms with Crippen LogP contribution in [0.5, 0.6) is 0 Å². The molecule has 1 aliphatic heterocycles. The Balaban J connectivity index is 1.58. The number of carbonyl (C=O) groups is 1. The summed E-state index contributed by atoms with van der Waals surface area (Å²) in [6.07, 6.45) is 5.51. The van der Waals surface area contributed by atoms with E-state index in [-0.39, 0.29) is 0 Å². The molecule has 0 spiro atoms. The van der Waals surface area contributed by atoms with Gasteiger partial charge in [-0.3, -0.25) is 9.78 Å². The summed E-state index contributed by atoms with van der Waals surface area (Å²) < 4.78 is 5.76. The summed E-state index contributed by atoms with van der Waals surface area (Å²) in [7, 11) is 0. The number of nitrogens with one attached hydrogen (secondary N) is 1. The third-order valence-corrected chi connectivity index (χ3v) is 5.35. The van der Waals surface area contributed by atoms with E-state index in [9.17, 15) is 4.79 Å². The molecule has 4 nitrogen and oxygen atoms in total. The SMILES string of the molecule is O=Cc1oc(-c2ccc(Cl)cc2)cc1Cc1cc(C2CCNCC2)ccn1. The van der Waals surface area contributed by atoms with Gasteiger partial charge in [-0.15, -0.1) is 0 Å². The molecule has 0 atom stereocenters. The van der Waals surface area contributed by atoms with Gasteiger partial charge in [-0.2, -0.15) is 0 Å². The lowest BCUT2D eigenvalue weighted by Crippen LogP contribution is -2.26. The Labute approximate surface area is 163 Å². The molecule has 0 unspecified atom stereocenters. The summed E-state index contributed by atoms with van der Waals surface area (Å²) in [5.74, 6) is 1.60. The maximum atomic E-state index is 11.5. The van der Waals surface area contributed by atoms with Gasteiger partial charge in [0, 0.05) is 34.5 Å². The number of aldehydes is 1. The first-order valence-electron chi connectivity index (χ1n) is 9.22. The molecule has 2 aromatic heterocycles. The number of benzene rings is 1. The molecule has 0 radical (unpaired) electrons. The van der Waals surface area contributed by atoms with E-state index < -0.39 is 0 Å². The number of halogens is 1. The molecular weight excluding hydrogens is 360 g/mol. The van der Waals surface area contributed by atoms with Gasteiger partial charge in [0.2, 0.25) is 0 Å². The van der Waals surface area contributed by atoms with Crippen LogP contribution in [0.3, 0.4) is 0 Å². The standard InChI is InChI=1S/C22H21ClN2O2/c23-19-3-1-16(2-4-19)21-13-18(22(14-26)27-21)12-20-11-17(7-10-25-20)15-5-8-24-9-6-15/h1-4,7,10-11,13-15,24H,5-6,8-9,12H2. The molecule has 1 fully saturated rings. The van der Waals surface area contributed by atoms with Crippen LogP contribution in [0.4, 0.5) is 0 Å². The van der Waals surface area contributed by atoms with E-state index in [0.29, 0.717) is 28.9 Å². The summed E-state index contributed by atoms with van der Waals surface area (Å²) >= 11 is 5.95. The molecule has 27 heavy (non-hydrogen) atoms. The number of pyridine rings is 1. The normalized spacial score (nSPS) is 15.0. The van der Waals surface area contributed by atoms with Gasteiger partial charge in [0.15, 0.2) is 12.0 Å². The highest BCUT2D eigenvalue weighted by atomic mass is 35.5. The van der Waals surface area contributed by atoms with Gasteiger partial charge in [-0.25, -0.2) is 0 Å². The molecule has 4 rings (SSSR count). The fourth-order valence-corrected chi connectivity index (χ4v) is 3.76. The maximum absolute atomic E-state index is 11.5. The molecule has 0 bridgehead atoms. The summed E-state index contributed by atoms with van der Waals surface area (Å²) in [5.41, 5.74) is 4.03. The van der Waals surface area contributed by atoms with Crippen LogP contribution in [0.1, 0.15) is 46.1 Å². The monoisotopic (exact) mass is 380 g/mol. The molecule has 0 aliphatic carbocycles. The highest BCUT2D eigenvalue weighted by molar-refractivity contribution is 6.30. The van der Waals surface area contributed by atoms with Crippen molar-refractivity contribution < 1.29 is 9.21 Å². The Hall–Kier alpha value is -2.43. The smallest absolute Gasteiger partial charge is 0.185 e. The van der Waals surface area contributed by atoms with Crippen molar-refractivity contribution >= 4 is 17.9 Å². The van der Waals surface area contributed by atoms with Crippen molar-refractivity contribution in [3.63, 3.8) is 0 Å². The van der Waals surface area contributed by atoms with Crippen molar-refractivity contribution in [1.82, 2.24) is 10.3 Å². The van der Waals surface area contributed by atoms with Gasteiger partial charge in [0.25, 0.3) is 0 Å². The van der Waals surface area contributed by atoms with Crippen LogP contribution in [0.15, 0.2) is 53.1 Å². The molecule has 0 amide bonds. The zero-order valence-electron chi connectivity index (χ0n) is 15.0. The quantitative estimate of drug-likeness (QED) is 0.642. The highest BCUT2D eigenvalue weighted by Gasteiger charge is 2.17. The van der Waals surface area contributed by atoms with Crippen molar-refractivity contribution in [1.29, 1.82) is 0 Å². The molecule has 3 aromatic rings. The zero-order chi connectivity index (χ0) is 18.6. The topological polar surface area (TPSA) is 55.1 Å². The van der Waals surface area contributed by atoms with Crippen molar-refractivity contribution in [3.05, 3.63) is 76.3 Å². The van der Waals surface area contributed by atoms with Gasteiger partial charge in [0.05, 0.1) is 0 Å². The molecule has 0 saturated carbocycles. The predicted octanol–water partition coefficient (Wildman–Crippen LogP) is 4.87. The van der Waals surface area contributed by atoms with E-state index >= 15 is 0 Å². The zero-order valence-corrected chi connectivity index (χ0v) is 15.7. The Morgan fingerprint density at radius 3 is 2.67 bits per heavy atom. The minimum absolute atomic E-state index is 0.356. The fraction of sp³-hybridized carbons (Fsp3) is 0.273. The summed E-state index contributed by atoms with van der Waals surface area (Å²) in [4.78, 5) is 16.0. The van der Waals surface area contributed by atoms with Crippen molar-refractivity contribution in [2.45, 2.75) is 25.2 Å². The third-order valence-electron chi connectivity index (χ3n) is 5.10. The van der Waals surface area contributed by atoms with Crippen LogP contribution < -0.4 is 5.32 Å². The number of nitrogens with zero attached hydrogens (tertiary/aromatic N) is 1. The van der Waals surface area contributed by atoms with Crippen LogP contribution in [-0.2, 0) is 6.42 Å². The minimum Gasteiger partial charge on any atom is -0.453 e. The first kappa shape index (κ1) is 18.0. The van der Waals surface area contributed by atoms with Crippen molar-refractivity contribution in [3.8, 4) is 11.3 Å². The van der Waals surface area contributed by atoms with Crippen LogP contribution in [0, 0.1) is 0 Å². The number of rotatable bonds is 5. The number of piperidine rings is 1. The second-order valence-electron chi connectivity index (χ2n) is 6.91. The van der Waals surface area contributed by atoms with Crippen LogP contribution in [0.2, 0.25) is 5.02 Å². The summed E-state index contributed by atoms with van der Waals surface area (Å²) in [6.45, 7) is 2.12. The summed E-state index contributed by atoms with van der Waals surface area (Å²) in [6, 6.07) is 13.6. The molecule has 138 valence electrons. The first-order chi connectivity index (χ1) is 13.2. The fourth-order valence-electron chi connectivity index (χ4n) is 3.63. The van der Waals surface area contributed by atoms with Gasteiger partial charge in [-0.1, -0.05) is 11.6 Å². The minimum atomic E-state index is 0.356.